The van der Waals surface area contributed by atoms with E-state index in [0.717, 1.165) is 31.7 Å². The summed E-state index contributed by atoms with van der Waals surface area (Å²) in [5.41, 5.74) is 1.07. The molecule has 0 saturated carbocycles. The molecule has 19 heavy (non-hydrogen) atoms. The summed E-state index contributed by atoms with van der Waals surface area (Å²) >= 11 is 0. The van der Waals surface area contributed by atoms with Crippen molar-refractivity contribution < 1.29 is 4.39 Å². The number of piperazine rings is 3. The van der Waals surface area contributed by atoms with Gasteiger partial charge in [0.2, 0.25) is 0 Å². The molecule has 0 aromatic heterocycles. The lowest BCUT2D eigenvalue weighted by molar-refractivity contribution is -0.00346. The van der Waals surface area contributed by atoms with Gasteiger partial charge in [-0.15, -0.1) is 0 Å². The van der Waals surface area contributed by atoms with Crippen LogP contribution in [-0.4, -0.2) is 55.1 Å². The highest BCUT2D eigenvalue weighted by atomic mass is 19.1. The molecule has 3 aliphatic rings. The molecule has 0 aliphatic carbocycles. The van der Waals surface area contributed by atoms with Gasteiger partial charge in [0.05, 0.1) is 0 Å². The molecule has 104 valence electrons. The van der Waals surface area contributed by atoms with Crippen LogP contribution >= 0.6 is 0 Å². The molecule has 3 heterocycles. The van der Waals surface area contributed by atoms with Crippen LogP contribution in [0, 0.1) is 5.82 Å². The molecule has 2 bridgehead atoms. The number of likely N-dealkylation sites (N-methyl/N-ethyl adjacent to an activating group) is 1. The van der Waals surface area contributed by atoms with Crippen molar-refractivity contribution in [2.75, 3.05) is 39.3 Å². The van der Waals surface area contributed by atoms with Gasteiger partial charge in [-0.2, -0.15) is 0 Å². The SMILES string of the molecule is CCNC(c1cccc(F)c1)C1CN2CCN1CC2. The molecule has 1 aromatic carbocycles. The van der Waals surface area contributed by atoms with E-state index >= 15 is 0 Å². The average Bonchev–Trinajstić information content (AvgIpc) is 2.46. The third kappa shape index (κ3) is 2.66. The maximum absolute atomic E-state index is 13.5. The lowest BCUT2D eigenvalue weighted by Crippen LogP contribution is -2.63. The minimum atomic E-state index is -0.142. The molecular weight excluding hydrogens is 241 g/mol. The van der Waals surface area contributed by atoms with E-state index in [2.05, 4.69) is 22.0 Å². The number of nitrogens with one attached hydrogen (secondary N) is 1. The summed E-state index contributed by atoms with van der Waals surface area (Å²) in [6, 6.07) is 7.73. The summed E-state index contributed by atoms with van der Waals surface area (Å²) in [5, 5.41) is 3.55. The second-order valence-electron chi connectivity index (χ2n) is 5.49. The predicted molar refractivity (Wildman–Crippen MR) is 74.6 cm³/mol. The van der Waals surface area contributed by atoms with Crippen molar-refractivity contribution in [1.82, 2.24) is 15.1 Å². The number of benzene rings is 1. The second kappa shape index (κ2) is 5.57. The Morgan fingerprint density at radius 3 is 2.68 bits per heavy atom. The minimum Gasteiger partial charge on any atom is -0.309 e. The van der Waals surface area contributed by atoms with E-state index in [0.29, 0.717) is 6.04 Å². The topological polar surface area (TPSA) is 18.5 Å². The lowest BCUT2D eigenvalue weighted by Gasteiger charge is -2.50. The van der Waals surface area contributed by atoms with E-state index in [1.165, 1.54) is 19.2 Å². The number of rotatable bonds is 4. The van der Waals surface area contributed by atoms with Crippen molar-refractivity contribution in [2.24, 2.45) is 0 Å². The van der Waals surface area contributed by atoms with Gasteiger partial charge in [-0.3, -0.25) is 9.80 Å². The van der Waals surface area contributed by atoms with Crippen LogP contribution in [0.5, 0.6) is 0 Å². The van der Waals surface area contributed by atoms with Crippen LogP contribution in [0.15, 0.2) is 24.3 Å². The van der Waals surface area contributed by atoms with Crippen molar-refractivity contribution in [2.45, 2.75) is 19.0 Å². The Morgan fingerprint density at radius 1 is 1.32 bits per heavy atom. The Labute approximate surface area is 114 Å². The first-order valence-corrected chi connectivity index (χ1v) is 7.23. The van der Waals surface area contributed by atoms with Gasteiger partial charge in [0.15, 0.2) is 0 Å². The highest BCUT2D eigenvalue weighted by Gasteiger charge is 2.37. The highest BCUT2D eigenvalue weighted by molar-refractivity contribution is 5.22. The van der Waals surface area contributed by atoms with Gasteiger partial charge in [-0.05, 0) is 24.2 Å². The largest absolute Gasteiger partial charge is 0.309 e. The molecule has 1 aromatic rings. The van der Waals surface area contributed by atoms with E-state index in [-0.39, 0.29) is 11.9 Å². The van der Waals surface area contributed by atoms with Crippen LogP contribution in [0.2, 0.25) is 0 Å². The van der Waals surface area contributed by atoms with Gasteiger partial charge in [0.1, 0.15) is 5.82 Å². The second-order valence-corrected chi connectivity index (χ2v) is 5.49. The summed E-state index contributed by atoms with van der Waals surface area (Å²) in [4.78, 5) is 5.08. The smallest absolute Gasteiger partial charge is 0.123 e. The standard InChI is InChI=1S/C15H22FN3/c1-2-17-15(12-4-3-5-13(16)10-12)14-11-18-6-8-19(14)9-7-18/h3-5,10,14-15,17H,2,6-9,11H2,1H3. The molecule has 3 nitrogen and oxygen atoms in total. The normalized spacial score (nSPS) is 31.4. The van der Waals surface area contributed by atoms with Crippen molar-refractivity contribution >= 4 is 0 Å². The van der Waals surface area contributed by atoms with Gasteiger partial charge < -0.3 is 5.32 Å². The predicted octanol–water partition coefficient (Wildman–Crippen LogP) is 1.48. The monoisotopic (exact) mass is 263 g/mol. The highest BCUT2D eigenvalue weighted by Crippen LogP contribution is 2.27. The van der Waals surface area contributed by atoms with Crippen LogP contribution in [0.25, 0.3) is 0 Å². The quantitative estimate of drug-likeness (QED) is 0.887. The third-order valence-electron chi connectivity index (χ3n) is 4.34. The van der Waals surface area contributed by atoms with Crippen molar-refractivity contribution in [1.29, 1.82) is 0 Å². The minimum absolute atomic E-state index is 0.142. The summed E-state index contributed by atoms with van der Waals surface area (Å²) in [5.74, 6) is -0.142. The van der Waals surface area contributed by atoms with Gasteiger partial charge in [0.25, 0.3) is 0 Å². The van der Waals surface area contributed by atoms with Gasteiger partial charge in [-0.1, -0.05) is 19.1 Å². The van der Waals surface area contributed by atoms with Crippen LogP contribution < -0.4 is 5.32 Å². The summed E-state index contributed by atoms with van der Waals surface area (Å²) in [6.45, 7) is 8.75. The fraction of sp³-hybridized carbons (Fsp3) is 0.600. The maximum atomic E-state index is 13.5. The molecular formula is C15H22FN3. The zero-order chi connectivity index (χ0) is 13.2. The van der Waals surface area contributed by atoms with E-state index in [1.54, 1.807) is 6.07 Å². The number of nitrogens with zero attached hydrogens (tertiary/aromatic N) is 2. The first-order valence-electron chi connectivity index (χ1n) is 7.23. The molecule has 3 fully saturated rings. The molecule has 0 spiro atoms. The zero-order valence-electron chi connectivity index (χ0n) is 11.5. The fourth-order valence-corrected chi connectivity index (χ4v) is 3.37. The summed E-state index contributed by atoms with van der Waals surface area (Å²) in [6.07, 6.45) is 0. The summed E-state index contributed by atoms with van der Waals surface area (Å²) in [7, 11) is 0. The molecule has 3 aliphatic heterocycles. The number of hydrogen-bond acceptors (Lipinski definition) is 3. The van der Waals surface area contributed by atoms with E-state index in [9.17, 15) is 4.39 Å². The number of fused-ring (bicyclic) bond motifs is 3. The van der Waals surface area contributed by atoms with E-state index in [1.807, 2.05) is 12.1 Å². The van der Waals surface area contributed by atoms with Crippen molar-refractivity contribution in [3.05, 3.63) is 35.6 Å². The number of hydrogen-bond donors (Lipinski definition) is 1. The third-order valence-corrected chi connectivity index (χ3v) is 4.34. The molecule has 1 N–H and O–H groups in total. The molecule has 2 atom stereocenters. The van der Waals surface area contributed by atoms with Gasteiger partial charge >= 0.3 is 0 Å². The molecule has 0 amide bonds. The molecule has 3 saturated heterocycles. The molecule has 0 radical (unpaired) electrons. The Morgan fingerprint density at radius 2 is 2.11 bits per heavy atom. The maximum Gasteiger partial charge on any atom is 0.123 e. The van der Waals surface area contributed by atoms with Crippen LogP contribution in [0.1, 0.15) is 18.5 Å². The van der Waals surface area contributed by atoms with Crippen LogP contribution in [0.3, 0.4) is 0 Å². The fourth-order valence-electron chi connectivity index (χ4n) is 3.37. The van der Waals surface area contributed by atoms with Crippen molar-refractivity contribution in [3.63, 3.8) is 0 Å². The Balaban J connectivity index is 1.84. The van der Waals surface area contributed by atoms with Crippen LogP contribution in [0.4, 0.5) is 4.39 Å². The van der Waals surface area contributed by atoms with E-state index in [4.69, 9.17) is 0 Å². The van der Waals surface area contributed by atoms with Crippen LogP contribution in [-0.2, 0) is 0 Å². The van der Waals surface area contributed by atoms with Crippen molar-refractivity contribution in [3.8, 4) is 0 Å². The average molecular weight is 263 g/mol. The van der Waals surface area contributed by atoms with Gasteiger partial charge in [-0.25, -0.2) is 4.39 Å². The molecule has 4 rings (SSSR count). The zero-order valence-corrected chi connectivity index (χ0v) is 11.5. The first-order chi connectivity index (χ1) is 9.28. The van der Waals surface area contributed by atoms with Gasteiger partial charge in [0, 0.05) is 44.8 Å². The Hall–Kier alpha value is -0.970. The first kappa shape index (κ1) is 13.0. The van der Waals surface area contributed by atoms with E-state index < -0.39 is 0 Å². The Kier molecular flexibility index (Phi) is 3.82. The number of halogens is 1. The lowest BCUT2D eigenvalue weighted by atomic mass is 9.94. The molecule has 2 unspecified atom stereocenters. The Bertz CT molecular complexity index is 429. The summed E-state index contributed by atoms with van der Waals surface area (Å²) < 4.78 is 13.5. The molecule has 4 heteroatoms.